The van der Waals surface area contributed by atoms with Gasteiger partial charge < -0.3 is 10.2 Å². The smallest absolute Gasteiger partial charge is 0.224 e. The van der Waals surface area contributed by atoms with E-state index in [0.29, 0.717) is 5.92 Å². The highest BCUT2D eigenvalue weighted by atomic mass is 35.5. The number of aryl methyl sites for hydroxylation is 1. The molecule has 0 spiro atoms. The van der Waals surface area contributed by atoms with Crippen LogP contribution >= 0.6 is 12.4 Å². The minimum Gasteiger partial charge on any atom is -0.354 e. The van der Waals surface area contributed by atoms with Gasteiger partial charge in [0.05, 0.1) is 0 Å². The summed E-state index contributed by atoms with van der Waals surface area (Å²) < 4.78 is 0. The molecule has 0 saturated heterocycles. The highest BCUT2D eigenvalue weighted by Crippen LogP contribution is 2.27. The molecular weight excluding hydrogens is 320 g/mol. The molecule has 1 aromatic heterocycles. The maximum atomic E-state index is 4.81. The molecule has 0 saturated carbocycles. The van der Waals surface area contributed by atoms with Gasteiger partial charge in [-0.3, -0.25) is 0 Å². The van der Waals surface area contributed by atoms with Crippen LogP contribution in [0.1, 0.15) is 36.2 Å². The Kier molecular flexibility index (Phi) is 6.05. The van der Waals surface area contributed by atoms with Crippen LogP contribution in [-0.4, -0.2) is 23.1 Å². The minimum absolute atomic E-state index is 0. The van der Waals surface area contributed by atoms with E-state index in [-0.39, 0.29) is 12.4 Å². The highest BCUT2D eigenvalue weighted by molar-refractivity contribution is 5.85. The topological polar surface area (TPSA) is 41.1 Å². The number of anilines is 2. The van der Waals surface area contributed by atoms with Crippen molar-refractivity contribution in [2.24, 2.45) is 5.92 Å². The molecule has 1 N–H and O–H groups in total. The third-order valence-electron chi connectivity index (χ3n) is 4.46. The summed E-state index contributed by atoms with van der Waals surface area (Å²) in [7, 11) is 0. The predicted molar refractivity (Wildman–Crippen MR) is 103 cm³/mol. The Balaban J connectivity index is 0.00000208. The van der Waals surface area contributed by atoms with Gasteiger partial charge in [-0.15, -0.1) is 12.4 Å². The van der Waals surface area contributed by atoms with E-state index in [4.69, 9.17) is 4.98 Å². The summed E-state index contributed by atoms with van der Waals surface area (Å²) in [6, 6.07) is 8.71. The van der Waals surface area contributed by atoms with Crippen molar-refractivity contribution in [2.45, 2.75) is 40.7 Å². The van der Waals surface area contributed by atoms with E-state index in [1.165, 1.54) is 16.7 Å². The number of fused-ring (bicyclic) bond motifs is 1. The monoisotopic (exact) mass is 346 g/mol. The first-order chi connectivity index (χ1) is 11.0. The number of benzene rings is 1. The molecule has 2 heterocycles. The summed E-state index contributed by atoms with van der Waals surface area (Å²) in [6.45, 7) is 11.4. The van der Waals surface area contributed by atoms with E-state index < -0.39 is 0 Å². The third-order valence-corrected chi connectivity index (χ3v) is 4.46. The van der Waals surface area contributed by atoms with Gasteiger partial charge in [-0.1, -0.05) is 38.1 Å². The number of hydrogen-bond acceptors (Lipinski definition) is 4. The lowest BCUT2D eigenvalue weighted by Gasteiger charge is -2.31. The van der Waals surface area contributed by atoms with Gasteiger partial charge in [0.25, 0.3) is 0 Å². The van der Waals surface area contributed by atoms with Gasteiger partial charge in [-0.05, 0) is 37.3 Å². The van der Waals surface area contributed by atoms with E-state index in [1.807, 2.05) is 0 Å². The molecule has 0 radical (unpaired) electrons. The molecular formula is C19H27ClN4. The zero-order chi connectivity index (χ0) is 16.4. The summed E-state index contributed by atoms with van der Waals surface area (Å²) in [5, 5.41) is 3.36. The molecule has 130 valence electrons. The second kappa shape index (κ2) is 7.84. The van der Waals surface area contributed by atoms with Crippen molar-refractivity contribution in [3.05, 3.63) is 46.6 Å². The average molecular weight is 347 g/mol. The average Bonchev–Trinajstić information content (AvgIpc) is 2.55. The standard InChI is InChI=1S/C19H26N4.ClH/c1-13(2)11-20-19-21-15(4)14(3)18(22-19)23-10-9-16-7-5-6-8-17(16)12-23;/h5-8,13H,9-12H2,1-4H3,(H,20,21,22);1H. The van der Waals surface area contributed by atoms with E-state index >= 15 is 0 Å². The fourth-order valence-corrected chi connectivity index (χ4v) is 2.97. The molecule has 3 rings (SSSR count). The first-order valence-electron chi connectivity index (χ1n) is 8.45. The van der Waals surface area contributed by atoms with Gasteiger partial charge in [0.15, 0.2) is 0 Å². The first kappa shape index (κ1) is 18.5. The van der Waals surface area contributed by atoms with Crippen molar-refractivity contribution < 1.29 is 0 Å². The molecule has 0 fully saturated rings. The third kappa shape index (κ3) is 3.99. The van der Waals surface area contributed by atoms with Gasteiger partial charge in [-0.25, -0.2) is 4.98 Å². The van der Waals surface area contributed by atoms with Crippen LogP contribution in [0.2, 0.25) is 0 Å². The lowest BCUT2D eigenvalue weighted by Crippen LogP contribution is -2.32. The Morgan fingerprint density at radius 3 is 2.54 bits per heavy atom. The van der Waals surface area contributed by atoms with Gasteiger partial charge >= 0.3 is 0 Å². The number of hydrogen-bond donors (Lipinski definition) is 1. The molecule has 1 aliphatic heterocycles. The lowest BCUT2D eigenvalue weighted by molar-refractivity contribution is 0.681. The van der Waals surface area contributed by atoms with Gasteiger partial charge in [0.2, 0.25) is 5.95 Å². The summed E-state index contributed by atoms with van der Waals surface area (Å²) in [5.74, 6) is 2.39. The van der Waals surface area contributed by atoms with Crippen LogP contribution < -0.4 is 10.2 Å². The predicted octanol–water partition coefficient (Wildman–Crippen LogP) is 4.15. The zero-order valence-electron chi connectivity index (χ0n) is 15.0. The van der Waals surface area contributed by atoms with E-state index in [9.17, 15) is 0 Å². The molecule has 24 heavy (non-hydrogen) atoms. The van der Waals surface area contributed by atoms with Crippen LogP contribution in [0.5, 0.6) is 0 Å². The molecule has 5 heteroatoms. The van der Waals surface area contributed by atoms with Crippen molar-refractivity contribution in [3.63, 3.8) is 0 Å². The van der Waals surface area contributed by atoms with Crippen LogP contribution in [0.15, 0.2) is 24.3 Å². The van der Waals surface area contributed by atoms with E-state index in [0.717, 1.165) is 43.5 Å². The molecule has 0 bridgehead atoms. The van der Waals surface area contributed by atoms with Crippen LogP contribution in [0.25, 0.3) is 0 Å². The molecule has 4 nitrogen and oxygen atoms in total. The van der Waals surface area contributed by atoms with E-state index in [1.54, 1.807) is 0 Å². The molecule has 0 unspecified atom stereocenters. The number of nitrogens with zero attached hydrogens (tertiary/aromatic N) is 3. The fourth-order valence-electron chi connectivity index (χ4n) is 2.97. The SMILES string of the molecule is Cc1nc(NCC(C)C)nc(N2CCc3ccccc3C2)c1C.Cl. The summed E-state index contributed by atoms with van der Waals surface area (Å²) in [4.78, 5) is 11.8. The Morgan fingerprint density at radius 1 is 1.12 bits per heavy atom. The Morgan fingerprint density at radius 2 is 1.83 bits per heavy atom. The maximum absolute atomic E-state index is 4.81. The Bertz CT molecular complexity index is 700. The molecule has 2 aromatic rings. The Labute approximate surface area is 151 Å². The first-order valence-corrected chi connectivity index (χ1v) is 8.45. The van der Waals surface area contributed by atoms with Crippen LogP contribution in [-0.2, 0) is 13.0 Å². The Hall–Kier alpha value is -1.81. The van der Waals surface area contributed by atoms with Crippen molar-refractivity contribution >= 4 is 24.2 Å². The van der Waals surface area contributed by atoms with Crippen molar-refractivity contribution in [3.8, 4) is 0 Å². The highest BCUT2D eigenvalue weighted by Gasteiger charge is 2.20. The zero-order valence-corrected chi connectivity index (χ0v) is 15.8. The second-order valence-corrected chi connectivity index (χ2v) is 6.80. The largest absolute Gasteiger partial charge is 0.354 e. The van der Waals surface area contributed by atoms with Gasteiger partial charge in [0, 0.05) is 30.9 Å². The van der Waals surface area contributed by atoms with E-state index in [2.05, 4.69) is 67.2 Å². The van der Waals surface area contributed by atoms with Gasteiger partial charge in [-0.2, -0.15) is 4.98 Å². The lowest BCUT2D eigenvalue weighted by atomic mass is 9.99. The second-order valence-electron chi connectivity index (χ2n) is 6.80. The molecule has 0 atom stereocenters. The molecule has 0 aliphatic carbocycles. The number of aromatic nitrogens is 2. The normalized spacial score (nSPS) is 13.5. The van der Waals surface area contributed by atoms with Crippen LogP contribution in [0.3, 0.4) is 0 Å². The number of halogens is 1. The summed E-state index contributed by atoms with van der Waals surface area (Å²) >= 11 is 0. The van der Waals surface area contributed by atoms with Crippen LogP contribution in [0.4, 0.5) is 11.8 Å². The van der Waals surface area contributed by atoms with Crippen molar-refractivity contribution in [1.82, 2.24) is 9.97 Å². The summed E-state index contributed by atoms with van der Waals surface area (Å²) in [5.41, 5.74) is 5.11. The molecule has 1 aromatic carbocycles. The minimum atomic E-state index is 0. The van der Waals surface area contributed by atoms with Crippen molar-refractivity contribution in [1.29, 1.82) is 0 Å². The molecule has 0 amide bonds. The van der Waals surface area contributed by atoms with Gasteiger partial charge in [0.1, 0.15) is 5.82 Å². The fraction of sp³-hybridized carbons (Fsp3) is 0.474. The number of rotatable bonds is 4. The maximum Gasteiger partial charge on any atom is 0.224 e. The van der Waals surface area contributed by atoms with Crippen molar-refractivity contribution in [2.75, 3.05) is 23.3 Å². The quantitative estimate of drug-likeness (QED) is 0.903. The van der Waals surface area contributed by atoms with Crippen LogP contribution in [0, 0.1) is 19.8 Å². The number of nitrogens with one attached hydrogen (secondary N) is 1. The summed E-state index contributed by atoms with van der Waals surface area (Å²) in [6.07, 6.45) is 1.08. The molecule has 1 aliphatic rings.